The molecular formula is C13H17NO5. The molecule has 0 aliphatic carbocycles. The number of carbonyl (C=O) groups is 2. The van der Waals surface area contributed by atoms with Crippen molar-refractivity contribution < 1.29 is 24.2 Å². The van der Waals surface area contributed by atoms with Gasteiger partial charge in [0.1, 0.15) is 19.0 Å². The Morgan fingerprint density at radius 2 is 2.11 bits per heavy atom. The summed E-state index contributed by atoms with van der Waals surface area (Å²) in [5.41, 5.74) is 0.581. The van der Waals surface area contributed by atoms with Crippen LogP contribution in [0.5, 0.6) is 5.75 Å². The van der Waals surface area contributed by atoms with Crippen LogP contribution in [0.25, 0.3) is 0 Å². The molecule has 0 spiro atoms. The highest BCUT2D eigenvalue weighted by atomic mass is 16.5. The average molecular weight is 267 g/mol. The predicted molar refractivity (Wildman–Crippen MR) is 69.3 cm³/mol. The molecule has 0 heterocycles. The number of anilines is 1. The predicted octanol–water partition coefficient (Wildman–Crippen LogP) is 1.52. The van der Waals surface area contributed by atoms with Gasteiger partial charge in [0.2, 0.25) is 5.91 Å². The Balaban J connectivity index is 2.42. The van der Waals surface area contributed by atoms with Crippen LogP contribution in [0, 0.1) is 0 Å². The van der Waals surface area contributed by atoms with Gasteiger partial charge in [-0.2, -0.15) is 0 Å². The van der Waals surface area contributed by atoms with Crippen molar-refractivity contribution in [3.05, 3.63) is 24.3 Å². The van der Waals surface area contributed by atoms with Gasteiger partial charge in [-0.3, -0.25) is 4.79 Å². The summed E-state index contributed by atoms with van der Waals surface area (Å²) in [6.07, 6.45) is 0.902. The number of carboxylic acid groups (broad SMARTS) is 1. The molecule has 0 fully saturated rings. The maximum absolute atomic E-state index is 11.4. The van der Waals surface area contributed by atoms with Gasteiger partial charge in [0.25, 0.3) is 0 Å². The van der Waals surface area contributed by atoms with Crippen molar-refractivity contribution in [1.29, 1.82) is 0 Å². The molecule has 19 heavy (non-hydrogen) atoms. The topological polar surface area (TPSA) is 84.9 Å². The second-order valence-corrected chi connectivity index (χ2v) is 3.81. The minimum Gasteiger partial charge on any atom is -0.494 e. The molecule has 1 aromatic carbocycles. The zero-order valence-corrected chi connectivity index (χ0v) is 10.7. The van der Waals surface area contributed by atoms with E-state index in [0.717, 1.165) is 6.42 Å². The first-order valence-corrected chi connectivity index (χ1v) is 5.94. The Bertz CT molecular complexity index is 433. The van der Waals surface area contributed by atoms with E-state index in [-0.39, 0.29) is 6.61 Å². The second-order valence-electron chi connectivity index (χ2n) is 3.81. The molecule has 1 aromatic rings. The minimum absolute atomic E-state index is 0.299. The minimum atomic E-state index is -1.11. The van der Waals surface area contributed by atoms with E-state index in [4.69, 9.17) is 9.84 Å². The quantitative estimate of drug-likeness (QED) is 0.745. The number of hydrogen-bond donors (Lipinski definition) is 2. The maximum atomic E-state index is 11.4. The molecular weight excluding hydrogens is 250 g/mol. The van der Waals surface area contributed by atoms with Gasteiger partial charge in [-0.15, -0.1) is 0 Å². The summed E-state index contributed by atoms with van der Waals surface area (Å²) >= 11 is 0. The van der Waals surface area contributed by atoms with Gasteiger partial charge >= 0.3 is 5.97 Å². The third-order valence-corrected chi connectivity index (χ3v) is 2.05. The summed E-state index contributed by atoms with van der Waals surface area (Å²) < 4.78 is 10.1. The molecule has 0 aliphatic rings. The lowest BCUT2D eigenvalue weighted by Crippen LogP contribution is -2.20. The molecule has 2 N–H and O–H groups in total. The standard InChI is InChI=1S/C13H17NO5/c1-2-6-19-11-5-3-4-10(7-11)14-12(15)8-18-9-13(16)17/h3-5,7H,2,6,8-9H2,1H3,(H,14,15)(H,16,17). The highest BCUT2D eigenvalue weighted by molar-refractivity contribution is 5.92. The van der Waals surface area contributed by atoms with Crippen LogP contribution in [0.3, 0.4) is 0 Å². The van der Waals surface area contributed by atoms with Gasteiger partial charge < -0.3 is 19.9 Å². The lowest BCUT2D eigenvalue weighted by Gasteiger charge is -2.08. The summed E-state index contributed by atoms with van der Waals surface area (Å²) in [5, 5.41) is 11.0. The highest BCUT2D eigenvalue weighted by Gasteiger charge is 2.05. The first kappa shape index (κ1) is 15.0. The number of hydrogen-bond acceptors (Lipinski definition) is 4. The van der Waals surface area contributed by atoms with E-state index in [1.807, 2.05) is 6.92 Å². The van der Waals surface area contributed by atoms with Crippen molar-refractivity contribution in [1.82, 2.24) is 0 Å². The molecule has 1 rings (SSSR count). The fourth-order valence-corrected chi connectivity index (χ4v) is 1.31. The second kappa shape index (κ2) is 8.10. The van der Waals surface area contributed by atoms with Crippen molar-refractivity contribution >= 4 is 17.6 Å². The van der Waals surface area contributed by atoms with E-state index in [0.29, 0.717) is 18.0 Å². The number of benzene rings is 1. The van der Waals surface area contributed by atoms with Crippen molar-refractivity contribution in [2.45, 2.75) is 13.3 Å². The molecule has 0 aliphatic heterocycles. The lowest BCUT2D eigenvalue weighted by molar-refractivity contribution is -0.143. The summed E-state index contributed by atoms with van der Waals surface area (Å²) in [5.74, 6) is -0.845. The zero-order valence-electron chi connectivity index (χ0n) is 10.7. The number of carbonyl (C=O) groups excluding carboxylic acids is 1. The third kappa shape index (κ3) is 6.42. The van der Waals surface area contributed by atoms with Crippen LogP contribution in [0.1, 0.15) is 13.3 Å². The first-order chi connectivity index (χ1) is 9.11. The van der Waals surface area contributed by atoms with Crippen molar-refractivity contribution in [3.63, 3.8) is 0 Å². The Morgan fingerprint density at radius 3 is 2.79 bits per heavy atom. The molecule has 6 nitrogen and oxygen atoms in total. The Morgan fingerprint density at radius 1 is 1.32 bits per heavy atom. The van der Waals surface area contributed by atoms with E-state index >= 15 is 0 Å². The fraction of sp³-hybridized carbons (Fsp3) is 0.385. The van der Waals surface area contributed by atoms with Crippen LogP contribution in [0.2, 0.25) is 0 Å². The van der Waals surface area contributed by atoms with Crippen molar-refractivity contribution in [2.75, 3.05) is 25.1 Å². The zero-order chi connectivity index (χ0) is 14.1. The third-order valence-electron chi connectivity index (χ3n) is 2.05. The van der Waals surface area contributed by atoms with Gasteiger partial charge in [0, 0.05) is 11.8 Å². The number of aliphatic carboxylic acids is 1. The van der Waals surface area contributed by atoms with Crippen LogP contribution in [0.4, 0.5) is 5.69 Å². The lowest BCUT2D eigenvalue weighted by atomic mass is 10.3. The molecule has 0 aromatic heterocycles. The molecule has 0 unspecified atom stereocenters. The highest BCUT2D eigenvalue weighted by Crippen LogP contribution is 2.17. The first-order valence-electron chi connectivity index (χ1n) is 5.94. The average Bonchev–Trinajstić information content (AvgIpc) is 2.36. The fourth-order valence-electron chi connectivity index (χ4n) is 1.31. The number of ether oxygens (including phenoxy) is 2. The Labute approximate surface area is 111 Å². The van der Waals surface area contributed by atoms with E-state index in [9.17, 15) is 9.59 Å². The number of amides is 1. The van der Waals surface area contributed by atoms with Crippen molar-refractivity contribution in [2.24, 2.45) is 0 Å². The summed E-state index contributed by atoms with van der Waals surface area (Å²) in [6.45, 7) is 1.82. The maximum Gasteiger partial charge on any atom is 0.329 e. The molecule has 0 saturated carbocycles. The van der Waals surface area contributed by atoms with E-state index in [1.54, 1.807) is 24.3 Å². The summed E-state index contributed by atoms with van der Waals surface area (Å²) in [4.78, 5) is 21.7. The van der Waals surface area contributed by atoms with Crippen LogP contribution in [-0.2, 0) is 14.3 Å². The van der Waals surface area contributed by atoms with Gasteiger partial charge in [-0.05, 0) is 18.6 Å². The van der Waals surface area contributed by atoms with Crippen LogP contribution in [0.15, 0.2) is 24.3 Å². The SMILES string of the molecule is CCCOc1cccc(NC(=O)COCC(=O)O)c1. The number of nitrogens with one attached hydrogen (secondary N) is 1. The monoisotopic (exact) mass is 267 g/mol. The summed E-state index contributed by atoms with van der Waals surface area (Å²) in [7, 11) is 0. The molecule has 6 heteroatoms. The van der Waals surface area contributed by atoms with Crippen LogP contribution < -0.4 is 10.1 Å². The van der Waals surface area contributed by atoms with E-state index in [2.05, 4.69) is 10.1 Å². The Hall–Kier alpha value is -2.08. The van der Waals surface area contributed by atoms with Gasteiger partial charge in [0.15, 0.2) is 0 Å². The van der Waals surface area contributed by atoms with Gasteiger partial charge in [0.05, 0.1) is 6.61 Å². The molecule has 0 bridgehead atoms. The number of rotatable bonds is 8. The van der Waals surface area contributed by atoms with Gasteiger partial charge in [-0.1, -0.05) is 13.0 Å². The molecule has 0 saturated heterocycles. The van der Waals surface area contributed by atoms with Crippen LogP contribution in [-0.4, -0.2) is 36.8 Å². The normalized spacial score (nSPS) is 9.95. The number of carboxylic acids is 1. The van der Waals surface area contributed by atoms with Gasteiger partial charge in [-0.25, -0.2) is 4.79 Å². The largest absolute Gasteiger partial charge is 0.494 e. The summed E-state index contributed by atoms with van der Waals surface area (Å²) in [6, 6.07) is 6.98. The van der Waals surface area contributed by atoms with Crippen molar-refractivity contribution in [3.8, 4) is 5.75 Å². The molecule has 1 amide bonds. The molecule has 0 atom stereocenters. The molecule has 104 valence electrons. The van der Waals surface area contributed by atoms with E-state index in [1.165, 1.54) is 0 Å². The smallest absolute Gasteiger partial charge is 0.329 e. The van der Waals surface area contributed by atoms with E-state index < -0.39 is 18.5 Å². The van der Waals surface area contributed by atoms with Crippen LogP contribution >= 0.6 is 0 Å². The Kier molecular flexibility index (Phi) is 6.38. The molecule has 0 radical (unpaired) electrons.